The summed E-state index contributed by atoms with van der Waals surface area (Å²) in [5.74, 6) is 0.497. The van der Waals surface area contributed by atoms with Crippen LogP contribution in [0.2, 0.25) is 0 Å². The van der Waals surface area contributed by atoms with Gasteiger partial charge in [-0.2, -0.15) is 0 Å². The summed E-state index contributed by atoms with van der Waals surface area (Å²) in [4.78, 5) is 23.4. The highest BCUT2D eigenvalue weighted by Gasteiger charge is 2.15. The van der Waals surface area contributed by atoms with Crippen LogP contribution in [-0.4, -0.2) is 19.5 Å². The molecular weight excluding hydrogens is 297 g/mol. The maximum absolute atomic E-state index is 14.1. The summed E-state index contributed by atoms with van der Waals surface area (Å²) < 4.78 is 15.5. The Morgan fingerprint density at radius 3 is 2.96 bits per heavy atom. The lowest BCUT2D eigenvalue weighted by molar-refractivity contribution is 0.573. The first-order valence-electron chi connectivity index (χ1n) is 7.42. The number of imidazole rings is 1. The number of nitrogens with one attached hydrogen (secondary N) is 1. The lowest BCUT2D eigenvalue weighted by atomic mass is 10.0. The van der Waals surface area contributed by atoms with Crippen molar-refractivity contribution in [1.82, 2.24) is 19.5 Å². The van der Waals surface area contributed by atoms with Gasteiger partial charge in [-0.25, -0.2) is 14.4 Å². The van der Waals surface area contributed by atoms with Gasteiger partial charge in [0.15, 0.2) is 5.65 Å². The number of fused-ring (bicyclic) bond motifs is 1. The molecule has 120 valence electrons. The van der Waals surface area contributed by atoms with Gasteiger partial charge in [0.25, 0.3) is 5.56 Å². The van der Waals surface area contributed by atoms with E-state index in [9.17, 15) is 9.18 Å². The minimum Gasteiger partial charge on any atom is -0.394 e. The van der Waals surface area contributed by atoms with Crippen molar-refractivity contribution in [2.24, 2.45) is 5.92 Å². The average Bonchev–Trinajstić information content (AvgIpc) is 2.90. The number of rotatable bonds is 4. The van der Waals surface area contributed by atoms with E-state index in [0.717, 1.165) is 0 Å². The minimum atomic E-state index is -0.345. The Kier molecular flexibility index (Phi) is 3.85. The van der Waals surface area contributed by atoms with Gasteiger partial charge in [0.05, 0.1) is 23.9 Å². The van der Waals surface area contributed by atoms with Crippen LogP contribution in [0, 0.1) is 11.7 Å². The molecule has 0 unspecified atom stereocenters. The number of nitrogens with zero attached hydrogens (tertiary/aromatic N) is 3. The zero-order valence-electron chi connectivity index (χ0n) is 13.0. The van der Waals surface area contributed by atoms with Crippen LogP contribution in [0.25, 0.3) is 11.2 Å². The Hall–Kier alpha value is -2.70. The number of halogens is 1. The molecule has 3 rings (SSSR count). The maximum atomic E-state index is 14.1. The summed E-state index contributed by atoms with van der Waals surface area (Å²) in [5.41, 5.74) is 7.13. The van der Waals surface area contributed by atoms with E-state index in [4.69, 9.17) is 5.73 Å². The topological polar surface area (TPSA) is 89.6 Å². The number of pyridine rings is 2. The first-order valence-corrected chi connectivity index (χ1v) is 7.42. The van der Waals surface area contributed by atoms with E-state index >= 15 is 0 Å². The lowest BCUT2D eigenvalue weighted by Crippen LogP contribution is -2.22. The summed E-state index contributed by atoms with van der Waals surface area (Å²) in [6.45, 7) is 4.27. The fraction of sp³-hybridized carbons (Fsp3) is 0.312. The molecule has 3 N–H and O–H groups in total. The Morgan fingerprint density at radius 1 is 1.43 bits per heavy atom. The fourth-order valence-corrected chi connectivity index (χ4v) is 2.55. The third-order valence-electron chi connectivity index (χ3n) is 3.61. The van der Waals surface area contributed by atoms with Crippen LogP contribution in [-0.2, 0) is 13.0 Å². The van der Waals surface area contributed by atoms with Gasteiger partial charge in [-0.3, -0.25) is 4.79 Å². The van der Waals surface area contributed by atoms with Crippen LogP contribution in [0.1, 0.15) is 25.2 Å². The SMILES string of the molecule is CC(C)Cc1c(F)cnc2nc(Cn3cccc(N)c3=O)[nH]c12. The van der Waals surface area contributed by atoms with Gasteiger partial charge in [-0.05, 0) is 24.5 Å². The normalized spacial score (nSPS) is 11.5. The van der Waals surface area contributed by atoms with Crippen LogP contribution < -0.4 is 11.3 Å². The highest BCUT2D eigenvalue weighted by Crippen LogP contribution is 2.21. The molecule has 0 aliphatic carbocycles. The van der Waals surface area contributed by atoms with Gasteiger partial charge in [-0.15, -0.1) is 0 Å². The molecule has 0 bridgehead atoms. The van der Waals surface area contributed by atoms with Gasteiger partial charge >= 0.3 is 0 Å². The van der Waals surface area contributed by atoms with Crippen LogP contribution >= 0.6 is 0 Å². The summed E-state index contributed by atoms with van der Waals surface area (Å²) in [7, 11) is 0. The molecule has 23 heavy (non-hydrogen) atoms. The molecule has 0 saturated carbocycles. The molecule has 3 aromatic heterocycles. The van der Waals surface area contributed by atoms with Crippen molar-refractivity contribution in [2.75, 3.05) is 5.73 Å². The Balaban J connectivity index is 2.03. The standard InChI is InChI=1S/C16H18FN5O/c1-9(2)6-10-11(17)7-19-15-14(10)20-13(21-15)8-22-5-3-4-12(18)16(22)23/h3-5,7,9H,6,8,18H2,1-2H3,(H,19,20,21). The molecule has 6 nitrogen and oxygen atoms in total. The van der Waals surface area contributed by atoms with Crippen molar-refractivity contribution in [2.45, 2.75) is 26.8 Å². The van der Waals surface area contributed by atoms with Crippen LogP contribution in [0.4, 0.5) is 10.1 Å². The predicted molar refractivity (Wildman–Crippen MR) is 86.6 cm³/mol. The molecule has 3 heterocycles. The fourth-order valence-electron chi connectivity index (χ4n) is 2.55. The Morgan fingerprint density at radius 2 is 2.22 bits per heavy atom. The van der Waals surface area contributed by atoms with E-state index < -0.39 is 0 Å². The van der Waals surface area contributed by atoms with Gasteiger partial charge in [0.2, 0.25) is 0 Å². The summed E-state index contributed by atoms with van der Waals surface area (Å²) in [6.07, 6.45) is 3.41. The summed E-state index contributed by atoms with van der Waals surface area (Å²) >= 11 is 0. The van der Waals surface area contributed by atoms with Crippen molar-refractivity contribution < 1.29 is 4.39 Å². The van der Waals surface area contributed by atoms with Crippen LogP contribution in [0.5, 0.6) is 0 Å². The van der Waals surface area contributed by atoms with Crippen molar-refractivity contribution in [3.05, 3.63) is 52.1 Å². The van der Waals surface area contributed by atoms with E-state index in [2.05, 4.69) is 15.0 Å². The molecule has 0 atom stereocenters. The van der Waals surface area contributed by atoms with Gasteiger partial charge < -0.3 is 15.3 Å². The third-order valence-corrected chi connectivity index (χ3v) is 3.61. The molecule has 0 aliphatic rings. The Bertz CT molecular complexity index is 912. The highest BCUT2D eigenvalue weighted by molar-refractivity contribution is 5.75. The van der Waals surface area contributed by atoms with E-state index in [1.165, 1.54) is 10.8 Å². The number of H-pyrrole nitrogens is 1. The molecule has 7 heteroatoms. The Labute approximate surface area is 132 Å². The molecule has 0 amide bonds. The number of hydrogen-bond acceptors (Lipinski definition) is 4. The number of nitrogens with two attached hydrogens (primary N) is 1. The van der Waals surface area contributed by atoms with E-state index in [1.807, 2.05) is 13.8 Å². The zero-order chi connectivity index (χ0) is 16.6. The quantitative estimate of drug-likeness (QED) is 0.771. The summed E-state index contributed by atoms with van der Waals surface area (Å²) in [5, 5.41) is 0. The smallest absolute Gasteiger partial charge is 0.274 e. The first kappa shape index (κ1) is 15.2. The second-order valence-electron chi connectivity index (χ2n) is 5.96. The monoisotopic (exact) mass is 315 g/mol. The predicted octanol–water partition coefficient (Wildman–Crippen LogP) is 2.09. The van der Waals surface area contributed by atoms with Crippen molar-refractivity contribution in [3.63, 3.8) is 0 Å². The van der Waals surface area contributed by atoms with Crippen molar-refractivity contribution >= 4 is 16.9 Å². The van der Waals surface area contributed by atoms with Crippen molar-refractivity contribution in [1.29, 1.82) is 0 Å². The number of nitrogen functional groups attached to an aromatic ring is 1. The molecule has 0 radical (unpaired) electrons. The number of hydrogen-bond donors (Lipinski definition) is 2. The maximum Gasteiger partial charge on any atom is 0.274 e. The van der Waals surface area contributed by atoms with E-state index in [-0.39, 0.29) is 23.6 Å². The largest absolute Gasteiger partial charge is 0.394 e. The molecule has 0 fully saturated rings. The molecule has 3 aromatic rings. The third kappa shape index (κ3) is 2.94. The van der Waals surface area contributed by atoms with Gasteiger partial charge in [0, 0.05) is 11.8 Å². The number of anilines is 1. The van der Waals surface area contributed by atoms with Gasteiger partial charge in [-0.1, -0.05) is 13.8 Å². The van der Waals surface area contributed by atoms with Crippen LogP contribution in [0.15, 0.2) is 29.3 Å². The molecular formula is C16H18FN5O. The number of aromatic amines is 1. The second kappa shape index (κ2) is 5.83. The highest BCUT2D eigenvalue weighted by atomic mass is 19.1. The first-order chi connectivity index (χ1) is 11.0. The van der Waals surface area contributed by atoms with Crippen LogP contribution in [0.3, 0.4) is 0 Å². The molecule has 0 aliphatic heterocycles. The van der Waals surface area contributed by atoms with Crippen molar-refractivity contribution in [3.8, 4) is 0 Å². The lowest BCUT2D eigenvalue weighted by Gasteiger charge is -2.06. The van der Waals surface area contributed by atoms with E-state index in [0.29, 0.717) is 34.9 Å². The number of aromatic nitrogens is 4. The zero-order valence-corrected chi connectivity index (χ0v) is 13.0. The molecule has 0 saturated heterocycles. The second-order valence-corrected chi connectivity index (χ2v) is 5.96. The molecule has 0 spiro atoms. The molecule has 0 aromatic carbocycles. The van der Waals surface area contributed by atoms with Gasteiger partial charge in [0.1, 0.15) is 11.6 Å². The van der Waals surface area contributed by atoms with E-state index in [1.54, 1.807) is 18.3 Å². The summed E-state index contributed by atoms with van der Waals surface area (Å²) in [6, 6.07) is 3.25. The average molecular weight is 315 g/mol. The minimum absolute atomic E-state index is 0.174.